The number of benzene rings is 2. The Balaban J connectivity index is 1.42. The summed E-state index contributed by atoms with van der Waals surface area (Å²) >= 11 is 0. The summed E-state index contributed by atoms with van der Waals surface area (Å²) < 4.78 is 12.0. The molecule has 4 rings (SSSR count). The fraction of sp³-hybridized carbons (Fsp3) is 0.370. The number of anilines is 2. The number of piperidine rings is 1. The fourth-order valence-electron chi connectivity index (χ4n) is 4.28. The molecule has 1 aromatic heterocycles. The minimum atomic E-state index is -0.232. The zero-order valence-corrected chi connectivity index (χ0v) is 19.8. The van der Waals surface area contributed by atoms with Gasteiger partial charge in [0, 0.05) is 6.54 Å². The molecule has 2 heterocycles. The first-order valence-corrected chi connectivity index (χ1v) is 12.0. The highest BCUT2D eigenvalue weighted by molar-refractivity contribution is 5.95. The minimum Gasteiger partial charge on any atom is -0.490 e. The van der Waals surface area contributed by atoms with Crippen molar-refractivity contribution in [3.8, 4) is 11.5 Å². The molecule has 1 aliphatic heterocycles. The molecule has 0 spiro atoms. The van der Waals surface area contributed by atoms with Crippen LogP contribution in [0.3, 0.4) is 0 Å². The maximum atomic E-state index is 12.9. The van der Waals surface area contributed by atoms with E-state index in [0.717, 1.165) is 42.3 Å². The summed E-state index contributed by atoms with van der Waals surface area (Å²) in [4.78, 5) is 24.1. The van der Waals surface area contributed by atoms with E-state index < -0.39 is 0 Å². The van der Waals surface area contributed by atoms with Gasteiger partial charge in [-0.25, -0.2) is 4.98 Å². The number of amides is 1. The average Bonchev–Trinajstić information content (AvgIpc) is 2.87. The van der Waals surface area contributed by atoms with E-state index in [4.69, 9.17) is 9.47 Å². The highest BCUT2D eigenvalue weighted by atomic mass is 16.5. The highest BCUT2D eigenvalue weighted by Crippen LogP contribution is 2.30. The van der Waals surface area contributed by atoms with Crippen molar-refractivity contribution >= 4 is 17.5 Å². The van der Waals surface area contributed by atoms with Gasteiger partial charge in [0.1, 0.15) is 11.9 Å². The summed E-state index contributed by atoms with van der Waals surface area (Å²) in [7, 11) is 0. The van der Waals surface area contributed by atoms with E-state index in [-0.39, 0.29) is 17.9 Å². The third kappa shape index (κ3) is 5.84. The van der Waals surface area contributed by atoms with Gasteiger partial charge in [0.25, 0.3) is 0 Å². The van der Waals surface area contributed by atoms with Crippen molar-refractivity contribution in [1.82, 2.24) is 9.97 Å². The van der Waals surface area contributed by atoms with Crippen molar-refractivity contribution in [2.24, 2.45) is 0 Å². The summed E-state index contributed by atoms with van der Waals surface area (Å²) in [5.41, 5.74) is 0.995. The molecular weight excluding hydrogens is 428 g/mol. The molecule has 1 aliphatic rings. The number of para-hydroxylation sites is 2. The van der Waals surface area contributed by atoms with E-state index in [2.05, 4.69) is 20.2 Å². The Kier molecular flexibility index (Phi) is 7.96. The molecule has 0 radical (unpaired) electrons. The fourth-order valence-corrected chi connectivity index (χ4v) is 4.28. The van der Waals surface area contributed by atoms with Gasteiger partial charge >= 0.3 is 0 Å². The number of carbonyl (C=O) groups excluding carboxylic acids is 1. The van der Waals surface area contributed by atoms with E-state index in [1.807, 2.05) is 68.4 Å². The van der Waals surface area contributed by atoms with Crippen molar-refractivity contribution < 1.29 is 14.3 Å². The smallest absolute Gasteiger partial charge is 0.233 e. The summed E-state index contributed by atoms with van der Waals surface area (Å²) in [6.07, 6.45) is 5.98. The molecular formula is C27H32N4O3. The Morgan fingerprint density at radius 1 is 1.09 bits per heavy atom. The lowest BCUT2D eigenvalue weighted by molar-refractivity contribution is -0.117. The van der Waals surface area contributed by atoms with Crippen LogP contribution >= 0.6 is 0 Å². The molecule has 1 saturated heterocycles. The average molecular weight is 461 g/mol. The van der Waals surface area contributed by atoms with E-state index >= 15 is 0 Å². The number of nitrogens with one attached hydrogen (secondary N) is 1. The number of hydrogen-bond donors (Lipinski definition) is 1. The van der Waals surface area contributed by atoms with Gasteiger partial charge < -0.3 is 19.7 Å². The van der Waals surface area contributed by atoms with Crippen LogP contribution in [0.25, 0.3) is 0 Å². The summed E-state index contributed by atoms with van der Waals surface area (Å²) in [5, 5.41) is 2.96. The molecule has 1 unspecified atom stereocenters. The normalized spacial score (nSPS) is 16.5. The molecule has 0 bridgehead atoms. The molecule has 0 saturated carbocycles. The second-order valence-corrected chi connectivity index (χ2v) is 8.33. The SMILES string of the molecule is CCOc1ccccc1O[C@@H]1CCCN(c2cncc(NC(=O)C(CC)c3ccccc3)n2)C1. The third-order valence-corrected chi connectivity index (χ3v) is 5.94. The minimum absolute atomic E-state index is 0.0120. The number of carbonyl (C=O) groups is 1. The van der Waals surface area contributed by atoms with Crippen LogP contribution in [-0.2, 0) is 4.79 Å². The zero-order chi connectivity index (χ0) is 23.8. The van der Waals surface area contributed by atoms with Crippen LogP contribution < -0.4 is 19.7 Å². The lowest BCUT2D eigenvalue weighted by atomic mass is 9.96. The highest BCUT2D eigenvalue weighted by Gasteiger charge is 2.24. The van der Waals surface area contributed by atoms with Gasteiger partial charge in [0.15, 0.2) is 17.3 Å². The molecule has 0 aliphatic carbocycles. The first kappa shape index (κ1) is 23.5. The molecule has 1 N–H and O–H groups in total. The number of nitrogens with zero attached hydrogens (tertiary/aromatic N) is 3. The molecule has 34 heavy (non-hydrogen) atoms. The zero-order valence-electron chi connectivity index (χ0n) is 19.8. The van der Waals surface area contributed by atoms with Crippen LogP contribution in [0, 0.1) is 0 Å². The van der Waals surface area contributed by atoms with E-state index in [0.29, 0.717) is 25.4 Å². The first-order chi connectivity index (χ1) is 16.7. The molecule has 7 heteroatoms. The lowest BCUT2D eigenvalue weighted by Gasteiger charge is -2.33. The number of hydrogen-bond acceptors (Lipinski definition) is 6. The summed E-state index contributed by atoms with van der Waals surface area (Å²) in [6, 6.07) is 17.6. The Bertz CT molecular complexity index is 1080. The van der Waals surface area contributed by atoms with Gasteiger partial charge in [-0.05, 0) is 43.9 Å². The van der Waals surface area contributed by atoms with Crippen molar-refractivity contribution in [2.45, 2.75) is 45.1 Å². The third-order valence-electron chi connectivity index (χ3n) is 5.94. The second kappa shape index (κ2) is 11.5. The summed E-state index contributed by atoms with van der Waals surface area (Å²) in [5.74, 6) is 2.40. The maximum absolute atomic E-state index is 12.9. The molecule has 7 nitrogen and oxygen atoms in total. The van der Waals surface area contributed by atoms with Crippen molar-refractivity contribution in [3.05, 3.63) is 72.6 Å². The van der Waals surface area contributed by atoms with Gasteiger partial charge in [-0.2, -0.15) is 0 Å². The molecule has 1 amide bonds. The van der Waals surface area contributed by atoms with Crippen molar-refractivity contribution in [1.29, 1.82) is 0 Å². The predicted octanol–water partition coefficient (Wildman–Crippen LogP) is 5.06. The van der Waals surface area contributed by atoms with Gasteiger partial charge in [-0.15, -0.1) is 0 Å². The van der Waals surface area contributed by atoms with Crippen LogP contribution in [0.1, 0.15) is 44.6 Å². The van der Waals surface area contributed by atoms with Crippen LogP contribution in [0.15, 0.2) is 67.0 Å². The lowest BCUT2D eigenvalue weighted by Crippen LogP contribution is -2.41. The maximum Gasteiger partial charge on any atom is 0.233 e. The summed E-state index contributed by atoms with van der Waals surface area (Å²) in [6.45, 7) is 6.12. The molecule has 2 aromatic carbocycles. The van der Waals surface area contributed by atoms with E-state index in [1.165, 1.54) is 0 Å². The topological polar surface area (TPSA) is 76.6 Å². The first-order valence-electron chi connectivity index (χ1n) is 12.0. The number of ether oxygens (including phenoxy) is 2. The van der Waals surface area contributed by atoms with Crippen molar-refractivity contribution in [3.63, 3.8) is 0 Å². The number of rotatable bonds is 9. The monoisotopic (exact) mass is 460 g/mol. The van der Waals surface area contributed by atoms with Crippen LogP contribution in [0.5, 0.6) is 11.5 Å². The standard InChI is InChI=1S/C27H32N4O3/c1-3-22(20-11-6-5-7-12-20)27(32)30-25-17-28-18-26(29-25)31-16-10-13-21(19-31)34-24-15-9-8-14-23(24)33-4-2/h5-9,11-12,14-15,17-18,21-22H,3-4,10,13,16,19H2,1-2H3,(H,29,30,32)/t21-,22?/m1/s1. The largest absolute Gasteiger partial charge is 0.490 e. The Hall–Kier alpha value is -3.61. The number of aromatic nitrogens is 2. The Morgan fingerprint density at radius 2 is 1.85 bits per heavy atom. The quantitative estimate of drug-likeness (QED) is 0.481. The van der Waals surface area contributed by atoms with Gasteiger partial charge in [-0.3, -0.25) is 9.78 Å². The van der Waals surface area contributed by atoms with E-state index in [1.54, 1.807) is 12.4 Å². The second-order valence-electron chi connectivity index (χ2n) is 8.33. The predicted molar refractivity (Wildman–Crippen MR) is 134 cm³/mol. The van der Waals surface area contributed by atoms with Gasteiger partial charge in [0.2, 0.25) is 5.91 Å². The van der Waals surface area contributed by atoms with E-state index in [9.17, 15) is 4.79 Å². The van der Waals surface area contributed by atoms with Crippen LogP contribution in [0.4, 0.5) is 11.6 Å². The van der Waals surface area contributed by atoms with Crippen LogP contribution in [0.2, 0.25) is 0 Å². The molecule has 178 valence electrons. The Morgan fingerprint density at radius 3 is 2.62 bits per heavy atom. The molecule has 2 atom stereocenters. The van der Waals surface area contributed by atoms with Gasteiger partial charge in [-0.1, -0.05) is 49.4 Å². The van der Waals surface area contributed by atoms with Gasteiger partial charge in [0.05, 0.1) is 31.5 Å². The molecule has 1 fully saturated rings. The van der Waals surface area contributed by atoms with Crippen LogP contribution in [-0.4, -0.2) is 41.7 Å². The Labute approximate surface area is 201 Å². The molecule has 3 aromatic rings. The van der Waals surface area contributed by atoms with Crippen molar-refractivity contribution in [2.75, 3.05) is 29.9 Å².